The van der Waals surface area contributed by atoms with Crippen molar-refractivity contribution in [1.29, 1.82) is 0 Å². The maximum Gasteiger partial charge on any atom is 0.317 e. The van der Waals surface area contributed by atoms with E-state index in [4.69, 9.17) is 21.0 Å². The van der Waals surface area contributed by atoms with Crippen LogP contribution in [0.1, 0.15) is 18.5 Å². The highest BCUT2D eigenvalue weighted by Crippen LogP contribution is 2.32. The summed E-state index contributed by atoms with van der Waals surface area (Å²) in [6.45, 7) is 2.02. The topological polar surface area (TPSA) is 59.0 Å². The number of nitrogens with zero attached hydrogens (tertiary/aromatic N) is 1. The molecular formula is C15H19NO4. The lowest BCUT2D eigenvalue weighted by molar-refractivity contribution is -0.138. The van der Waals surface area contributed by atoms with Crippen molar-refractivity contribution in [3.63, 3.8) is 0 Å². The second-order valence-electron chi connectivity index (χ2n) is 4.29. The Morgan fingerprint density at radius 2 is 2.15 bits per heavy atom. The summed E-state index contributed by atoms with van der Waals surface area (Å²) in [6.07, 6.45) is 5.30. The summed E-state index contributed by atoms with van der Waals surface area (Å²) in [4.78, 5) is 12.6. The van der Waals surface area contributed by atoms with Crippen LogP contribution in [0.3, 0.4) is 0 Å². The first-order valence-electron chi connectivity index (χ1n) is 6.14. The van der Waals surface area contributed by atoms with Crippen LogP contribution in [0.4, 0.5) is 0 Å². The molecule has 1 unspecified atom stereocenters. The molecule has 0 bridgehead atoms. The molecule has 0 aliphatic rings. The second-order valence-corrected chi connectivity index (χ2v) is 4.29. The van der Waals surface area contributed by atoms with E-state index in [0.717, 1.165) is 5.56 Å². The molecule has 0 saturated heterocycles. The van der Waals surface area contributed by atoms with Gasteiger partial charge in [0.2, 0.25) is 0 Å². The summed E-state index contributed by atoms with van der Waals surface area (Å²) in [7, 11) is 3.14. The monoisotopic (exact) mass is 277 g/mol. The third-order valence-electron chi connectivity index (χ3n) is 3.07. The van der Waals surface area contributed by atoms with E-state index in [-0.39, 0.29) is 19.1 Å². The van der Waals surface area contributed by atoms with E-state index >= 15 is 0 Å². The number of ether oxygens (including phenoxy) is 2. The number of carbonyl (C=O) groups is 1. The molecule has 0 aromatic heterocycles. The highest BCUT2D eigenvalue weighted by molar-refractivity contribution is 5.69. The van der Waals surface area contributed by atoms with E-state index in [1.54, 1.807) is 25.2 Å². The van der Waals surface area contributed by atoms with Crippen molar-refractivity contribution in [1.82, 2.24) is 4.90 Å². The predicted molar refractivity (Wildman–Crippen MR) is 76.0 cm³/mol. The molecule has 20 heavy (non-hydrogen) atoms. The number of carboxylic acids is 1. The number of carboxylic acid groups (broad SMARTS) is 1. The van der Waals surface area contributed by atoms with Gasteiger partial charge in [0.15, 0.2) is 0 Å². The highest BCUT2D eigenvalue weighted by atomic mass is 16.5. The number of rotatable bonds is 7. The van der Waals surface area contributed by atoms with Gasteiger partial charge in [-0.25, -0.2) is 0 Å². The number of terminal acetylenes is 1. The molecule has 5 heteroatoms. The van der Waals surface area contributed by atoms with E-state index in [9.17, 15) is 4.79 Å². The van der Waals surface area contributed by atoms with Crippen LogP contribution in [0.2, 0.25) is 0 Å². The Morgan fingerprint density at radius 3 is 2.65 bits per heavy atom. The molecule has 0 heterocycles. The predicted octanol–water partition coefficient (Wildman–Crippen LogP) is 1.78. The third kappa shape index (κ3) is 3.90. The summed E-state index contributed by atoms with van der Waals surface area (Å²) in [5.41, 5.74) is 0.866. The summed E-state index contributed by atoms with van der Waals surface area (Å²) < 4.78 is 10.5. The first-order valence-corrected chi connectivity index (χ1v) is 6.14. The van der Waals surface area contributed by atoms with E-state index < -0.39 is 5.97 Å². The maximum absolute atomic E-state index is 10.9. The lowest BCUT2D eigenvalue weighted by Crippen LogP contribution is -2.32. The molecule has 0 radical (unpaired) electrons. The van der Waals surface area contributed by atoms with Crippen molar-refractivity contribution < 1.29 is 19.4 Å². The molecule has 1 aromatic carbocycles. The van der Waals surface area contributed by atoms with Crippen molar-refractivity contribution >= 4 is 5.97 Å². The fraction of sp³-hybridized carbons (Fsp3) is 0.400. The Labute approximate surface area is 119 Å². The highest BCUT2D eigenvalue weighted by Gasteiger charge is 2.21. The molecular weight excluding hydrogens is 258 g/mol. The van der Waals surface area contributed by atoms with Crippen LogP contribution in [0.5, 0.6) is 11.5 Å². The molecule has 0 saturated carbocycles. The largest absolute Gasteiger partial charge is 0.497 e. The molecule has 108 valence electrons. The van der Waals surface area contributed by atoms with Gasteiger partial charge in [0.05, 0.1) is 27.3 Å². The zero-order valence-electron chi connectivity index (χ0n) is 11.9. The number of aliphatic carboxylic acids is 1. The molecule has 1 rings (SSSR count). The molecule has 0 amide bonds. The van der Waals surface area contributed by atoms with Gasteiger partial charge in [0.1, 0.15) is 11.5 Å². The fourth-order valence-corrected chi connectivity index (χ4v) is 1.98. The van der Waals surface area contributed by atoms with Crippen molar-refractivity contribution in [2.24, 2.45) is 0 Å². The van der Waals surface area contributed by atoms with Crippen LogP contribution < -0.4 is 9.47 Å². The normalized spacial score (nSPS) is 11.8. The minimum Gasteiger partial charge on any atom is -0.497 e. The van der Waals surface area contributed by atoms with Gasteiger partial charge in [-0.15, -0.1) is 6.42 Å². The smallest absolute Gasteiger partial charge is 0.317 e. The Morgan fingerprint density at radius 1 is 1.45 bits per heavy atom. The molecule has 1 atom stereocenters. The van der Waals surface area contributed by atoms with Gasteiger partial charge < -0.3 is 14.6 Å². The number of benzene rings is 1. The average Bonchev–Trinajstić information content (AvgIpc) is 2.44. The minimum absolute atomic E-state index is 0.124. The summed E-state index contributed by atoms with van der Waals surface area (Å²) in [5, 5.41) is 8.95. The van der Waals surface area contributed by atoms with E-state index in [1.807, 2.05) is 19.1 Å². The molecule has 0 fully saturated rings. The lowest BCUT2D eigenvalue weighted by Gasteiger charge is -2.27. The van der Waals surface area contributed by atoms with Crippen molar-refractivity contribution in [3.05, 3.63) is 23.8 Å². The third-order valence-corrected chi connectivity index (χ3v) is 3.07. The summed E-state index contributed by atoms with van der Waals surface area (Å²) >= 11 is 0. The number of methoxy groups -OCH3 is 2. The average molecular weight is 277 g/mol. The van der Waals surface area contributed by atoms with E-state index in [0.29, 0.717) is 11.5 Å². The van der Waals surface area contributed by atoms with Crippen molar-refractivity contribution in [2.45, 2.75) is 13.0 Å². The van der Waals surface area contributed by atoms with Crippen LogP contribution in [0, 0.1) is 12.3 Å². The SMILES string of the molecule is C#CCN(CC(=O)O)C(C)c1ccc(OC)cc1OC. The molecule has 5 nitrogen and oxygen atoms in total. The van der Waals surface area contributed by atoms with Gasteiger partial charge in [-0.2, -0.15) is 0 Å². The molecule has 1 N–H and O–H groups in total. The zero-order chi connectivity index (χ0) is 15.1. The van der Waals surface area contributed by atoms with Gasteiger partial charge in [-0.05, 0) is 13.0 Å². The van der Waals surface area contributed by atoms with Gasteiger partial charge in [0.25, 0.3) is 0 Å². The number of hydrogen-bond acceptors (Lipinski definition) is 4. The minimum atomic E-state index is -0.917. The quantitative estimate of drug-likeness (QED) is 0.770. The van der Waals surface area contributed by atoms with Crippen LogP contribution in [0.25, 0.3) is 0 Å². The van der Waals surface area contributed by atoms with Gasteiger partial charge in [-0.3, -0.25) is 9.69 Å². The Balaban J connectivity index is 3.07. The fourth-order valence-electron chi connectivity index (χ4n) is 1.98. The van der Waals surface area contributed by atoms with Crippen LogP contribution >= 0.6 is 0 Å². The Bertz CT molecular complexity index is 507. The van der Waals surface area contributed by atoms with Crippen LogP contribution in [0.15, 0.2) is 18.2 Å². The zero-order valence-corrected chi connectivity index (χ0v) is 11.9. The van der Waals surface area contributed by atoms with Crippen LogP contribution in [-0.4, -0.2) is 43.3 Å². The lowest BCUT2D eigenvalue weighted by atomic mass is 10.1. The maximum atomic E-state index is 10.9. The van der Waals surface area contributed by atoms with Crippen molar-refractivity contribution in [3.8, 4) is 23.8 Å². The standard InChI is InChI=1S/C15H19NO4/c1-5-8-16(10-15(17)18)11(2)13-7-6-12(19-3)9-14(13)20-4/h1,6-7,9,11H,8,10H2,2-4H3,(H,17,18). The van der Waals surface area contributed by atoms with Crippen LogP contribution in [-0.2, 0) is 4.79 Å². The Kier molecular flexibility index (Phi) is 5.88. The van der Waals surface area contributed by atoms with E-state index in [2.05, 4.69) is 5.92 Å². The van der Waals surface area contributed by atoms with Gasteiger partial charge in [-0.1, -0.05) is 12.0 Å². The first-order chi connectivity index (χ1) is 9.53. The number of hydrogen-bond donors (Lipinski definition) is 1. The molecule has 0 aliphatic carbocycles. The van der Waals surface area contributed by atoms with Gasteiger partial charge >= 0.3 is 5.97 Å². The second kappa shape index (κ2) is 7.41. The summed E-state index contributed by atoms with van der Waals surface area (Å²) in [5.74, 6) is 2.89. The molecule has 1 aromatic rings. The molecule has 0 aliphatic heterocycles. The van der Waals surface area contributed by atoms with Crippen molar-refractivity contribution in [2.75, 3.05) is 27.3 Å². The Hall–Kier alpha value is -2.19. The molecule has 0 spiro atoms. The van der Waals surface area contributed by atoms with Gasteiger partial charge in [0, 0.05) is 17.7 Å². The first kappa shape index (κ1) is 15.9. The summed E-state index contributed by atoms with van der Waals surface area (Å²) in [6, 6.07) is 5.25. The van der Waals surface area contributed by atoms with E-state index in [1.165, 1.54) is 0 Å².